The summed E-state index contributed by atoms with van der Waals surface area (Å²) >= 11 is 0. The number of nitrogens with one attached hydrogen (secondary N) is 1. The quantitative estimate of drug-likeness (QED) is 0.921. The number of fused-ring (bicyclic) bond motifs is 1. The molecule has 2 aliphatic rings. The van der Waals surface area contributed by atoms with Crippen LogP contribution in [0.2, 0.25) is 0 Å². The van der Waals surface area contributed by atoms with E-state index in [4.69, 9.17) is 0 Å². The third-order valence-electron chi connectivity index (χ3n) is 4.56. The molecule has 0 spiro atoms. The van der Waals surface area contributed by atoms with Gasteiger partial charge in [-0.2, -0.15) is 13.2 Å². The third kappa shape index (κ3) is 3.77. The number of hydrogen-bond acceptors (Lipinski definition) is 2. The second kappa shape index (κ2) is 5.97. The summed E-state index contributed by atoms with van der Waals surface area (Å²) in [6.45, 7) is 0.295. The van der Waals surface area contributed by atoms with Crippen LogP contribution in [-0.4, -0.2) is 36.8 Å². The molecule has 0 bridgehead atoms. The topological polar surface area (TPSA) is 15.3 Å². The third-order valence-corrected chi connectivity index (χ3v) is 4.56. The second-order valence-corrected chi connectivity index (χ2v) is 6.12. The average Bonchev–Trinajstić information content (AvgIpc) is 2.83. The van der Waals surface area contributed by atoms with Crippen LogP contribution in [0.25, 0.3) is 0 Å². The first-order valence-electron chi connectivity index (χ1n) is 7.64. The molecule has 1 aromatic rings. The summed E-state index contributed by atoms with van der Waals surface area (Å²) in [5, 5.41) is 3.65. The highest BCUT2D eigenvalue weighted by Crippen LogP contribution is 2.32. The predicted octanol–water partition coefficient (Wildman–Crippen LogP) is 3.29. The van der Waals surface area contributed by atoms with Gasteiger partial charge >= 0.3 is 6.18 Å². The monoisotopic (exact) mass is 298 g/mol. The largest absolute Gasteiger partial charge is 0.401 e. The van der Waals surface area contributed by atoms with Crippen molar-refractivity contribution in [1.82, 2.24) is 10.2 Å². The fourth-order valence-electron chi connectivity index (χ4n) is 3.53. The molecule has 3 rings (SSSR count). The maximum atomic E-state index is 12.4. The molecule has 0 amide bonds. The molecular weight excluding hydrogens is 277 g/mol. The van der Waals surface area contributed by atoms with Gasteiger partial charge in [-0.3, -0.25) is 4.90 Å². The molecule has 116 valence electrons. The minimum absolute atomic E-state index is 0.339. The van der Waals surface area contributed by atoms with Gasteiger partial charge in [0, 0.05) is 12.1 Å². The van der Waals surface area contributed by atoms with Crippen LogP contribution in [0, 0.1) is 0 Å². The fourth-order valence-corrected chi connectivity index (χ4v) is 3.53. The first-order chi connectivity index (χ1) is 10.0. The average molecular weight is 298 g/mol. The molecule has 1 unspecified atom stereocenters. The lowest BCUT2D eigenvalue weighted by Crippen LogP contribution is -2.46. The summed E-state index contributed by atoms with van der Waals surface area (Å²) in [5.74, 6) is 0. The highest BCUT2D eigenvalue weighted by molar-refractivity contribution is 5.34. The number of nitrogens with zero attached hydrogens (tertiary/aromatic N) is 1. The van der Waals surface area contributed by atoms with Gasteiger partial charge in [0.2, 0.25) is 0 Å². The van der Waals surface area contributed by atoms with Crippen LogP contribution in [0.1, 0.15) is 36.4 Å². The second-order valence-electron chi connectivity index (χ2n) is 6.12. The zero-order chi connectivity index (χ0) is 14.9. The number of benzene rings is 1. The summed E-state index contributed by atoms with van der Waals surface area (Å²) in [5.41, 5.74) is 2.78. The number of alkyl halides is 3. The zero-order valence-corrected chi connectivity index (χ0v) is 12.0. The molecule has 1 N–H and O–H groups in total. The lowest BCUT2D eigenvalue weighted by molar-refractivity contribution is -0.148. The van der Waals surface area contributed by atoms with Gasteiger partial charge in [0.05, 0.1) is 6.54 Å². The lowest BCUT2D eigenvalue weighted by atomic mass is 10.0. The highest BCUT2D eigenvalue weighted by Gasteiger charge is 2.33. The first kappa shape index (κ1) is 14.9. The lowest BCUT2D eigenvalue weighted by Gasteiger charge is -2.34. The van der Waals surface area contributed by atoms with Crippen molar-refractivity contribution >= 4 is 0 Å². The van der Waals surface area contributed by atoms with Gasteiger partial charge in [-0.15, -0.1) is 0 Å². The molecule has 1 saturated heterocycles. The number of likely N-dealkylation sites (tertiary alicyclic amines) is 1. The Balaban J connectivity index is 1.50. The Hall–Kier alpha value is -1.07. The minimum Gasteiger partial charge on any atom is -0.307 e. The van der Waals surface area contributed by atoms with Gasteiger partial charge < -0.3 is 5.32 Å². The number of hydrogen-bond donors (Lipinski definition) is 1. The number of piperidine rings is 1. The summed E-state index contributed by atoms with van der Waals surface area (Å²) in [6.07, 6.45) is -0.281. The highest BCUT2D eigenvalue weighted by atomic mass is 19.4. The van der Waals surface area contributed by atoms with E-state index in [1.54, 1.807) is 0 Å². The molecular formula is C16H21F3N2. The van der Waals surface area contributed by atoms with E-state index < -0.39 is 12.7 Å². The zero-order valence-electron chi connectivity index (χ0n) is 12.0. The predicted molar refractivity (Wildman–Crippen MR) is 76.2 cm³/mol. The summed E-state index contributed by atoms with van der Waals surface area (Å²) in [7, 11) is 0. The summed E-state index contributed by atoms with van der Waals surface area (Å²) < 4.78 is 37.1. The Labute approximate surface area is 123 Å². The van der Waals surface area contributed by atoms with Gasteiger partial charge in [0.1, 0.15) is 0 Å². The van der Waals surface area contributed by atoms with Gasteiger partial charge in [0.25, 0.3) is 0 Å². The van der Waals surface area contributed by atoms with Crippen LogP contribution in [0.5, 0.6) is 0 Å². The molecule has 0 aromatic heterocycles. The van der Waals surface area contributed by atoms with E-state index in [1.807, 2.05) is 0 Å². The van der Waals surface area contributed by atoms with E-state index in [0.717, 1.165) is 25.7 Å². The van der Waals surface area contributed by atoms with Crippen molar-refractivity contribution in [3.05, 3.63) is 35.4 Å². The van der Waals surface area contributed by atoms with Crippen molar-refractivity contribution in [3.63, 3.8) is 0 Å². The van der Waals surface area contributed by atoms with E-state index in [-0.39, 0.29) is 0 Å². The molecule has 1 fully saturated rings. The standard InChI is InChI=1S/C16H21F3N2/c17-16(18,19)11-21-9-7-13(8-10-21)20-15-6-5-12-3-1-2-4-14(12)15/h1-4,13,15,20H,5-11H2. The SMILES string of the molecule is FC(F)(F)CN1CCC(NC2CCc3ccccc32)CC1. The molecule has 1 atom stereocenters. The first-order valence-corrected chi connectivity index (χ1v) is 7.64. The molecule has 2 nitrogen and oxygen atoms in total. The van der Waals surface area contributed by atoms with E-state index in [2.05, 4.69) is 29.6 Å². The van der Waals surface area contributed by atoms with E-state index in [9.17, 15) is 13.2 Å². The van der Waals surface area contributed by atoms with Crippen LogP contribution in [-0.2, 0) is 6.42 Å². The molecule has 1 aromatic carbocycles. The molecule has 1 heterocycles. The van der Waals surface area contributed by atoms with Crippen LogP contribution < -0.4 is 5.32 Å². The molecule has 21 heavy (non-hydrogen) atoms. The number of halogens is 3. The van der Waals surface area contributed by atoms with Crippen molar-refractivity contribution in [3.8, 4) is 0 Å². The van der Waals surface area contributed by atoms with Crippen molar-refractivity contribution in [2.24, 2.45) is 0 Å². The molecule has 0 saturated carbocycles. The van der Waals surface area contributed by atoms with E-state index in [1.165, 1.54) is 16.0 Å². The van der Waals surface area contributed by atoms with Crippen molar-refractivity contribution in [1.29, 1.82) is 0 Å². The summed E-state index contributed by atoms with van der Waals surface area (Å²) in [4.78, 5) is 1.51. The van der Waals surface area contributed by atoms with Crippen molar-refractivity contribution < 1.29 is 13.2 Å². The Morgan fingerprint density at radius 1 is 1.10 bits per heavy atom. The van der Waals surface area contributed by atoms with Gasteiger partial charge in [0.15, 0.2) is 0 Å². The van der Waals surface area contributed by atoms with Crippen LogP contribution in [0.15, 0.2) is 24.3 Å². The minimum atomic E-state index is -4.08. The number of aryl methyl sites for hydroxylation is 1. The molecule has 1 aliphatic heterocycles. The van der Waals surface area contributed by atoms with Gasteiger partial charge in [-0.05, 0) is 49.9 Å². The van der Waals surface area contributed by atoms with E-state index >= 15 is 0 Å². The van der Waals surface area contributed by atoms with Crippen molar-refractivity contribution in [2.75, 3.05) is 19.6 Å². The van der Waals surface area contributed by atoms with Crippen LogP contribution in [0.4, 0.5) is 13.2 Å². The fraction of sp³-hybridized carbons (Fsp3) is 0.625. The Morgan fingerprint density at radius 3 is 2.52 bits per heavy atom. The van der Waals surface area contributed by atoms with E-state index in [0.29, 0.717) is 25.2 Å². The normalized spacial score (nSPS) is 24.2. The van der Waals surface area contributed by atoms with Crippen LogP contribution >= 0.6 is 0 Å². The smallest absolute Gasteiger partial charge is 0.307 e. The van der Waals surface area contributed by atoms with Gasteiger partial charge in [-0.1, -0.05) is 24.3 Å². The molecule has 0 radical (unpaired) electrons. The Kier molecular flexibility index (Phi) is 4.22. The Morgan fingerprint density at radius 2 is 1.81 bits per heavy atom. The molecule has 5 heteroatoms. The summed E-state index contributed by atoms with van der Waals surface area (Å²) in [6, 6.07) is 9.18. The number of rotatable bonds is 3. The van der Waals surface area contributed by atoms with Gasteiger partial charge in [-0.25, -0.2) is 0 Å². The maximum absolute atomic E-state index is 12.4. The van der Waals surface area contributed by atoms with Crippen LogP contribution in [0.3, 0.4) is 0 Å². The Bertz CT molecular complexity index is 479. The molecule has 1 aliphatic carbocycles. The van der Waals surface area contributed by atoms with Crippen molar-refractivity contribution in [2.45, 2.75) is 43.9 Å². The maximum Gasteiger partial charge on any atom is 0.401 e.